The molecule has 2 rings (SSSR count). The van der Waals surface area contributed by atoms with Crippen LogP contribution in [0, 0.1) is 0 Å². The van der Waals surface area contributed by atoms with E-state index in [0.29, 0.717) is 6.04 Å². The van der Waals surface area contributed by atoms with Crippen LogP contribution in [0.5, 0.6) is 0 Å². The lowest BCUT2D eigenvalue weighted by Crippen LogP contribution is -2.47. The molecule has 2 saturated heterocycles. The summed E-state index contributed by atoms with van der Waals surface area (Å²) in [4.78, 5) is 2.57. The molecule has 0 saturated carbocycles. The Morgan fingerprint density at radius 3 is 2.50 bits per heavy atom. The Morgan fingerprint density at radius 2 is 1.94 bits per heavy atom. The molecule has 2 bridgehead atoms. The van der Waals surface area contributed by atoms with Crippen molar-refractivity contribution in [2.75, 3.05) is 25.6 Å². The summed E-state index contributed by atoms with van der Waals surface area (Å²) in [5, 5.41) is 3.64. The van der Waals surface area contributed by atoms with Gasteiger partial charge in [0.15, 0.2) is 0 Å². The van der Waals surface area contributed by atoms with Gasteiger partial charge in [-0.25, -0.2) is 0 Å². The van der Waals surface area contributed by atoms with Crippen molar-refractivity contribution in [1.82, 2.24) is 10.2 Å². The molecule has 0 radical (unpaired) electrons. The summed E-state index contributed by atoms with van der Waals surface area (Å²) in [6, 6.07) is 2.34. The summed E-state index contributed by atoms with van der Waals surface area (Å²) in [6.07, 6.45) is 8.22. The average molecular weight is 244 g/mol. The standard InChI is InChI=1S/C12H24N2OS/c1-14-11-4-5-12(14)9-10(8-11)13-6-3-7-16(2)15/h10-13H,3-9H2,1-2H3. The number of hydrogen-bond donors (Lipinski definition) is 1. The normalized spacial score (nSPS) is 36.5. The highest BCUT2D eigenvalue weighted by Crippen LogP contribution is 2.34. The zero-order valence-corrected chi connectivity index (χ0v) is 11.3. The highest BCUT2D eigenvalue weighted by Gasteiger charge is 2.37. The van der Waals surface area contributed by atoms with E-state index in [4.69, 9.17) is 0 Å². The lowest BCUT2D eigenvalue weighted by atomic mass is 9.98. The van der Waals surface area contributed by atoms with Gasteiger partial charge in [0.05, 0.1) is 0 Å². The van der Waals surface area contributed by atoms with Gasteiger partial charge in [-0.15, -0.1) is 0 Å². The van der Waals surface area contributed by atoms with Crippen molar-refractivity contribution < 1.29 is 4.21 Å². The predicted molar refractivity (Wildman–Crippen MR) is 69.1 cm³/mol. The maximum atomic E-state index is 10.9. The van der Waals surface area contributed by atoms with Crippen LogP contribution in [-0.4, -0.2) is 52.8 Å². The fraction of sp³-hybridized carbons (Fsp3) is 1.00. The van der Waals surface area contributed by atoms with E-state index >= 15 is 0 Å². The monoisotopic (exact) mass is 244 g/mol. The van der Waals surface area contributed by atoms with Crippen LogP contribution in [0.15, 0.2) is 0 Å². The Kier molecular flexibility index (Phi) is 4.39. The first-order chi connectivity index (χ1) is 7.66. The van der Waals surface area contributed by atoms with Crippen LogP contribution in [0.2, 0.25) is 0 Å². The van der Waals surface area contributed by atoms with Crippen LogP contribution in [0.4, 0.5) is 0 Å². The first-order valence-electron chi connectivity index (χ1n) is 6.42. The molecular weight excluding hydrogens is 220 g/mol. The summed E-state index contributed by atoms with van der Waals surface area (Å²) >= 11 is 0. The quantitative estimate of drug-likeness (QED) is 0.732. The molecule has 94 valence electrons. The first-order valence-corrected chi connectivity index (χ1v) is 8.15. The molecule has 2 aliphatic heterocycles. The maximum absolute atomic E-state index is 10.9. The van der Waals surface area contributed by atoms with E-state index in [0.717, 1.165) is 30.8 Å². The predicted octanol–water partition coefficient (Wildman–Crippen LogP) is 0.970. The van der Waals surface area contributed by atoms with Gasteiger partial charge in [-0.05, 0) is 45.7 Å². The molecule has 0 aromatic heterocycles. The highest BCUT2D eigenvalue weighted by molar-refractivity contribution is 7.84. The highest BCUT2D eigenvalue weighted by atomic mass is 32.2. The molecule has 2 fully saturated rings. The van der Waals surface area contributed by atoms with Gasteiger partial charge in [0.1, 0.15) is 0 Å². The zero-order valence-electron chi connectivity index (χ0n) is 10.4. The third kappa shape index (κ3) is 3.05. The molecule has 0 spiro atoms. The minimum atomic E-state index is -0.628. The van der Waals surface area contributed by atoms with E-state index in [1.807, 2.05) is 0 Å². The van der Waals surface area contributed by atoms with Crippen molar-refractivity contribution in [3.05, 3.63) is 0 Å². The fourth-order valence-electron chi connectivity index (χ4n) is 3.16. The van der Waals surface area contributed by atoms with Gasteiger partial charge in [0.2, 0.25) is 0 Å². The number of fused-ring (bicyclic) bond motifs is 2. The number of hydrogen-bond acceptors (Lipinski definition) is 3. The molecule has 0 aliphatic carbocycles. The average Bonchev–Trinajstić information content (AvgIpc) is 2.50. The molecular formula is C12H24N2OS. The van der Waals surface area contributed by atoms with Crippen LogP contribution >= 0.6 is 0 Å². The summed E-state index contributed by atoms with van der Waals surface area (Å²) in [6.45, 7) is 1.04. The van der Waals surface area contributed by atoms with Gasteiger partial charge < -0.3 is 10.2 Å². The second-order valence-electron chi connectivity index (χ2n) is 5.30. The van der Waals surface area contributed by atoms with E-state index in [-0.39, 0.29) is 0 Å². The second kappa shape index (κ2) is 5.61. The minimum Gasteiger partial charge on any atom is -0.314 e. The fourth-order valence-corrected chi connectivity index (χ4v) is 3.71. The molecule has 0 aromatic rings. The van der Waals surface area contributed by atoms with Crippen LogP contribution in [0.3, 0.4) is 0 Å². The van der Waals surface area contributed by atoms with Gasteiger partial charge in [-0.1, -0.05) is 0 Å². The van der Waals surface area contributed by atoms with Crippen molar-refractivity contribution >= 4 is 10.8 Å². The molecule has 2 heterocycles. The molecule has 3 unspecified atom stereocenters. The van der Waals surface area contributed by atoms with Gasteiger partial charge in [0, 0.05) is 40.9 Å². The van der Waals surface area contributed by atoms with Crippen LogP contribution in [-0.2, 0) is 10.8 Å². The largest absolute Gasteiger partial charge is 0.314 e. The maximum Gasteiger partial charge on any atom is 0.0244 e. The minimum absolute atomic E-state index is 0.628. The van der Waals surface area contributed by atoms with Crippen LogP contribution in [0.1, 0.15) is 32.1 Å². The van der Waals surface area contributed by atoms with E-state index < -0.39 is 10.8 Å². The number of rotatable bonds is 5. The third-order valence-corrected chi connectivity index (χ3v) is 5.00. The van der Waals surface area contributed by atoms with Crippen molar-refractivity contribution in [3.8, 4) is 0 Å². The van der Waals surface area contributed by atoms with E-state index in [2.05, 4.69) is 17.3 Å². The van der Waals surface area contributed by atoms with E-state index in [1.165, 1.54) is 25.7 Å². The number of nitrogens with zero attached hydrogens (tertiary/aromatic N) is 1. The Labute approximate surface area is 101 Å². The smallest absolute Gasteiger partial charge is 0.0244 e. The summed E-state index contributed by atoms with van der Waals surface area (Å²) in [7, 11) is 1.65. The van der Waals surface area contributed by atoms with Gasteiger partial charge >= 0.3 is 0 Å². The number of nitrogens with one attached hydrogen (secondary N) is 1. The Hall–Kier alpha value is 0.0700. The van der Waals surface area contributed by atoms with Crippen molar-refractivity contribution in [2.24, 2.45) is 0 Å². The summed E-state index contributed by atoms with van der Waals surface area (Å²) in [5.41, 5.74) is 0. The third-order valence-electron chi connectivity index (χ3n) is 4.14. The van der Waals surface area contributed by atoms with Gasteiger partial charge in [0.25, 0.3) is 0 Å². The molecule has 3 nitrogen and oxygen atoms in total. The Balaban J connectivity index is 1.66. The Morgan fingerprint density at radius 1 is 1.31 bits per heavy atom. The van der Waals surface area contributed by atoms with E-state index in [1.54, 1.807) is 6.26 Å². The van der Waals surface area contributed by atoms with Gasteiger partial charge in [-0.2, -0.15) is 0 Å². The second-order valence-corrected chi connectivity index (χ2v) is 6.86. The zero-order chi connectivity index (χ0) is 11.5. The lowest BCUT2D eigenvalue weighted by molar-refractivity contribution is 0.149. The van der Waals surface area contributed by atoms with Crippen molar-refractivity contribution in [3.63, 3.8) is 0 Å². The van der Waals surface area contributed by atoms with Crippen molar-refractivity contribution in [1.29, 1.82) is 0 Å². The van der Waals surface area contributed by atoms with Crippen molar-refractivity contribution in [2.45, 2.75) is 50.2 Å². The molecule has 1 N–H and O–H groups in total. The SMILES string of the molecule is CN1C2CCC1CC(NCCCS(C)=O)C2. The summed E-state index contributed by atoms with van der Waals surface area (Å²) in [5.74, 6) is 0.840. The van der Waals surface area contributed by atoms with Crippen LogP contribution in [0.25, 0.3) is 0 Å². The Bertz CT molecular complexity index is 245. The number of piperidine rings is 1. The topological polar surface area (TPSA) is 32.3 Å². The molecule has 0 aromatic carbocycles. The van der Waals surface area contributed by atoms with E-state index in [9.17, 15) is 4.21 Å². The lowest BCUT2D eigenvalue weighted by Gasteiger charge is -2.36. The molecule has 0 amide bonds. The summed E-state index contributed by atoms with van der Waals surface area (Å²) < 4.78 is 10.9. The molecule has 3 atom stereocenters. The molecule has 4 heteroatoms. The first kappa shape index (κ1) is 12.5. The van der Waals surface area contributed by atoms with Gasteiger partial charge in [-0.3, -0.25) is 4.21 Å². The molecule has 2 aliphatic rings. The molecule has 16 heavy (non-hydrogen) atoms. The van der Waals surface area contributed by atoms with Crippen LogP contribution < -0.4 is 5.32 Å².